The lowest BCUT2D eigenvalue weighted by Crippen LogP contribution is -2.30. The van der Waals surface area contributed by atoms with Gasteiger partial charge in [0, 0.05) is 39.0 Å². The van der Waals surface area contributed by atoms with Crippen LogP contribution in [0.15, 0.2) is 6.20 Å². The molecule has 0 radical (unpaired) electrons. The van der Waals surface area contributed by atoms with E-state index < -0.39 is 12.2 Å². The van der Waals surface area contributed by atoms with Crippen molar-refractivity contribution in [3.05, 3.63) is 11.9 Å². The van der Waals surface area contributed by atoms with Crippen LogP contribution in [-0.2, 0) is 46.3 Å². The van der Waals surface area contributed by atoms with Crippen molar-refractivity contribution in [1.29, 1.82) is 0 Å². The molecular formula is C30H53N3O7. The van der Waals surface area contributed by atoms with Crippen LogP contribution in [0.3, 0.4) is 0 Å². The summed E-state index contributed by atoms with van der Waals surface area (Å²) in [4.78, 5) is 37.2. The third-order valence-corrected chi connectivity index (χ3v) is 6.74. The van der Waals surface area contributed by atoms with Gasteiger partial charge >= 0.3 is 11.9 Å². The van der Waals surface area contributed by atoms with E-state index in [2.05, 4.69) is 24.2 Å². The molecule has 0 aliphatic rings. The van der Waals surface area contributed by atoms with Crippen molar-refractivity contribution in [1.82, 2.24) is 15.0 Å². The third-order valence-electron chi connectivity index (χ3n) is 6.74. The predicted molar refractivity (Wildman–Crippen MR) is 153 cm³/mol. The van der Waals surface area contributed by atoms with Crippen molar-refractivity contribution in [3.8, 4) is 0 Å². The average molecular weight is 568 g/mol. The lowest BCUT2D eigenvalue weighted by Gasteiger charge is -2.18. The zero-order valence-corrected chi connectivity index (χ0v) is 25.5. The molecule has 0 aromatic carbocycles. The Labute approximate surface area is 240 Å². The Balaban J connectivity index is 2.60. The molecule has 1 heterocycles. The first-order chi connectivity index (χ1) is 19.3. The third kappa shape index (κ3) is 17.4. The van der Waals surface area contributed by atoms with Gasteiger partial charge in [-0.15, -0.1) is 5.10 Å². The van der Waals surface area contributed by atoms with E-state index in [1.807, 2.05) is 6.92 Å². The minimum absolute atomic E-state index is 0.0230. The fraction of sp³-hybridized carbons (Fsp3) is 0.833. The van der Waals surface area contributed by atoms with Crippen LogP contribution in [0.5, 0.6) is 0 Å². The van der Waals surface area contributed by atoms with E-state index in [4.69, 9.17) is 18.9 Å². The minimum Gasteiger partial charge on any atom is -0.462 e. The number of aryl methyl sites for hydroxylation is 1. The first-order valence-corrected chi connectivity index (χ1v) is 15.2. The summed E-state index contributed by atoms with van der Waals surface area (Å²) in [6, 6.07) is 0. The van der Waals surface area contributed by atoms with Crippen molar-refractivity contribution in [2.24, 2.45) is 0 Å². The molecule has 0 fully saturated rings. The maximum atomic E-state index is 12.5. The standard InChI is InChI=1S/C30H53N3O7/c1-6-8-10-12-14-16-29(35)39-23-27(40-30(36)17-15-13-11-9-7-2)21-33-20-26(31-32-33)18-19-28(34)25(4)38-22-24(3)37-5/h20,24-25,27H,6-19,21-23H2,1-5H3. The van der Waals surface area contributed by atoms with Crippen LogP contribution in [-0.4, -0.2) is 71.4 Å². The molecule has 3 unspecified atom stereocenters. The largest absolute Gasteiger partial charge is 0.462 e. The molecule has 0 spiro atoms. The smallest absolute Gasteiger partial charge is 0.306 e. The van der Waals surface area contributed by atoms with Gasteiger partial charge in [0.25, 0.3) is 0 Å². The molecule has 0 aliphatic carbocycles. The summed E-state index contributed by atoms with van der Waals surface area (Å²) in [6.07, 6.45) is 12.2. The highest BCUT2D eigenvalue weighted by atomic mass is 16.6. The molecule has 0 saturated carbocycles. The number of esters is 2. The van der Waals surface area contributed by atoms with Crippen LogP contribution in [0.25, 0.3) is 0 Å². The molecule has 0 N–H and O–H groups in total. The molecule has 40 heavy (non-hydrogen) atoms. The van der Waals surface area contributed by atoms with Crippen molar-refractivity contribution in [3.63, 3.8) is 0 Å². The zero-order chi connectivity index (χ0) is 29.6. The Hall–Kier alpha value is -2.33. The van der Waals surface area contributed by atoms with Crippen LogP contribution in [0.4, 0.5) is 0 Å². The number of carbonyl (C=O) groups is 3. The van der Waals surface area contributed by atoms with E-state index in [1.54, 1.807) is 24.9 Å². The molecule has 0 saturated heterocycles. The van der Waals surface area contributed by atoms with E-state index >= 15 is 0 Å². The van der Waals surface area contributed by atoms with Gasteiger partial charge in [-0.25, -0.2) is 4.68 Å². The van der Waals surface area contributed by atoms with Gasteiger partial charge in [0.2, 0.25) is 0 Å². The lowest BCUT2D eigenvalue weighted by atomic mass is 10.1. The maximum Gasteiger partial charge on any atom is 0.306 e. The van der Waals surface area contributed by atoms with E-state index in [1.165, 1.54) is 6.42 Å². The van der Waals surface area contributed by atoms with Crippen LogP contribution in [0, 0.1) is 0 Å². The molecule has 0 bridgehead atoms. The highest BCUT2D eigenvalue weighted by Crippen LogP contribution is 2.11. The fourth-order valence-corrected chi connectivity index (χ4v) is 4.02. The summed E-state index contributed by atoms with van der Waals surface area (Å²) in [5.74, 6) is -0.615. The van der Waals surface area contributed by atoms with Gasteiger partial charge in [-0.2, -0.15) is 0 Å². The van der Waals surface area contributed by atoms with Crippen LogP contribution in [0.2, 0.25) is 0 Å². The Kier molecular flexibility index (Phi) is 20.0. The number of carbonyl (C=O) groups excluding carboxylic acids is 3. The number of hydrogen-bond acceptors (Lipinski definition) is 9. The zero-order valence-electron chi connectivity index (χ0n) is 25.5. The second-order valence-electron chi connectivity index (χ2n) is 10.5. The highest BCUT2D eigenvalue weighted by molar-refractivity contribution is 5.82. The highest BCUT2D eigenvalue weighted by Gasteiger charge is 2.20. The van der Waals surface area contributed by atoms with E-state index in [9.17, 15) is 14.4 Å². The molecule has 1 rings (SSSR count). The maximum absolute atomic E-state index is 12.5. The number of ketones is 1. The molecule has 0 amide bonds. The molecule has 230 valence electrons. The summed E-state index contributed by atoms with van der Waals surface area (Å²) in [6.45, 7) is 8.44. The molecular weight excluding hydrogens is 514 g/mol. The molecule has 10 nitrogen and oxygen atoms in total. The van der Waals surface area contributed by atoms with Crippen molar-refractivity contribution < 1.29 is 33.3 Å². The quantitative estimate of drug-likeness (QED) is 0.113. The number of ether oxygens (including phenoxy) is 4. The second kappa shape index (κ2) is 22.4. The Morgan fingerprint density at radius 3 is 2.10 bits per heavy atom. The summed E-state index contributed by atoms with van der Waals surface area (Å²) in [5.41, 5.74) is 0.649. The van der Waals surface area contributed by atoms with Crippen molar-refractivity contribution in [2.45, 2.75) is 142 Å². The second-order valence-corrected chi connectivity index (χ2v) is 10.5. The SMILES string of the molecule is CCCCCCCC(=O)OCC(Cn1cc(CCC(=O)C(C)OCC(C)OC)nn1)OC(=O)CCCCCCC. The number of aromatic nitrogens is 3. The number of nitrogens with zero attached hydrogens (tertiary/aromatic N) is 3. The van der Waals surface area contributed by atoms with Crippen LogP contribution < -0.4 is 0 Å². The van der Waals surface area contributed by atoms with Crippen LogP contribution in [0.1, 0.15) is 117 Å². The van der Waals surface area contributed by atoms with Gasteiger partial charge in [0.05, 0.1) is 24.9 Å². The lowest BCUT2D eigenvalue weighted by molar-refractivity contribution is -0.160. The topological polar surface area (TPSA) is 119 Å². The Morgan fingerprint density at radius 1 is 0.850 bits per heavy atom. The van der Waals surface area contributed by atoms with E-state index in [0.717, 1.165) is 57.8 Å². The van der Waals surface area contributed by atoms with Gasteiger partial charge in [-0.1, -0.05) is 70.4 Å². The monoisotopic (exact) mass is 567 g/mol. The van der Waals surface area contributed by atoms with Crippen molar-refractivity contribution in [2.75, 3.05) is 20.3 Å². The number of unbranched alkanes of at least 4 members (excludes halogenated alkanes) is 8. The predicted octanol–water partition coefficient (Wildman–Crippen LogP) is 5.40. The van der Waals surface area contributed by atoms with E-state index in [0.29, 0.717) is 31.6 Å². The van der Waals surface area contributed by atoms with Gasteiger partial charge in [-0.05, 0) is 26.7 Å². The first-order valence-electron chi connectivity index (χ1n) is 15.2. The van der Waals surface area contributed by atoms with Gasteiger partial charge in [-0.3, -0.25) is 14.4 Å². The van der Waals surface area contributed by atoms with Gasteiger partial charge in [0.1, 0.15) is 12.7 Å². The normalized spacial score (nSPS) is 13.5. The number of hydrogen-bond donors (Lipinski definition) is 0. The minimum atomic E-state index is -0.667. The summed E-state index contributed by atoms with van der Waals surface area (Å²) in [5, 5.41) is 8.29. The molecule has 0 aliphatic heterocycles. The summed E-state index contributed by atoms with van der Waals surface area (Å²) in [7, 11) is 1.60. The van der Waals surface area contributed by atoms with E-state index in [-0.39, 0.29) is 43.4 Å². The van der Waals surface area contributed by atoms with Crippen LogP contribution >= 0.6 is 0 Å². The molecule has 1 aromatic heterocycles. The summed E-state index contributed by atoms with van der Waals surface area (Å²) < 4.78 is 23.4. The molecule has 1 aromatic rings. The first kappa shape index (κ1) is 35.7. The van der Waals surface area contributed by atoms with Gasteiger partial charge < -0.3 is 18.9 Å². The number of rotatable bonds is 25. The fourth-order valence-electron chi connectivity index (χ4n) is 4.02. The summed E-state index contributed by atoms with van der Waals surface area (Å²) >= 11 is 0. The van der Waals surface area contributed by atoms with Gasteiger partial charge in [0.15, 0.2) is 11.9 Å². The average Bonchev–Trinajstić information content (AvgIpc) is 3.39. The Morgan fingerprint density at radius 2 is 1.48 bits per heavy atom. The number of Topliss-reactive ketones (excluding diaryl/α,β-unsaturated/α-hetero) is 1. The molecule has 10 heteroatoms. The molecule has 3 atom stereocenters. The number of methoxy groups -OCH3 is 1. The Bertz CT molecular complexity index is 830. The van der Waals surface area contributed by atoms with Crippen molar-refractivity contribution >= 4 is 17.7 Å².